The second-order valence-corrected chi connectivity index (χ2v) is 6.85. The molecule has 1 fully saturated rings. The number of allylic oxidation sites excluding steroid dienone is 2. The normalized spacial score (nSPS) is 23.1. The summed E-state index contributed by atoms with van der Waals surface area (Å²) in [7, 11) is 1.68. The number of carbonyl (C=O) groups is 1. The number of hydrogen-bond donors (Lipinski definition) is 1. The molecule has 23 heavy (non-hydrogen) atoms. The van der Waals surface area contributed by atoms with Gasteiger partial charge in [-0.25, -0.2) is 0 Å². The summed E-state index contributed by atoms with van der Waals surface area (Å²) in [5, 5.41) is 3.67. The maximum Gasteiger partial charge on any atom is 0.158 e. The molecule has 0 amide bonds. The number of ketones is 1. The Labute approximate surface area is 139 Å². The topological polar surface area (TPSA) is 38.3 Å². The molecule has 2 aliphatic rings. The summed E-state index contributed by atoms with van der Waals surface area (Å²) in [6.07, 6.45) is 11.2. The second-order valence-electron chi connectivity index (χ2n) is 6.85. The highest BCUT2D eigenvalue weighted by Crippen LogP contribution is 2.32. The zero-order valence-corrected chi connectivity index (χ0v) is 14.0. The highest BCUT2D eigenvalue weighted by atomic mass is 16.5. The van der Waals surface area contributed by atoms with Crippen molar-refractivity contribution in [3.63, 3.8) is 0 Å². The fraction of sp³-hybridized carbons (Fsp3) is 0.550. The van der Waals surface area contributed by atoms with Gasteiger partial charge in [0.2, 0.25) is 0 Å². The van der Waals surface area contributed by atoms with Crippen molar-refractivity contribution >= 4 is 5.78 Å². The Morgan fingerprint density at radius 3 is 2.35 bits per heavy atom. The molecule has 124 valence electrons. The van der Waals surface area contributed by atoms with E-state index in [0.717, 1.165) is 17.9 Å². The van der Waals surface area contributed by atoms with Gasteiger partial charge in [0.1, 0.15) is 5.75 Å². The Bertz CT molecular complexity index is 554. The van der Waals surface area contributed by atoms with E-state index in [1.165, 1.54) is 44.1 Å². The number of ether oxygens (including phenoxy) is 1. The molecule has 1 aromatic carbocycles. The molecule has 1 atom stereocenters. The van der Waals surface area contributed by atoms with Crippen LogP contribution in [-0.2, 0) is 4.79 Å². The fourth-order valence-electron chi connectivity index (χ4n) is 3.79. The third-order valence-corrected chi connectivity index (χ3v) is 5.08. The van der Waals surface area contributed by atoms with Gasteiger partial charge in [0.05, 0.1) is 7.11 Å². The summed E-state index contributed by atoms with van der Waals surface area (Å²) in [4.78, 5) is 12.1. The van der Waals surface area contributed by atoms with Gasteiger partial charge in [-0.3, -0.25) is 4.79 Å². The molecular formula is C20H27NO2. The quantitative estimate of drug-likeness (QED) is 0.840. The van der Waals surface area contributed by atoms with Gasteiger partial charge in [0.15, 0.2) is 5.78 Å². The van der Waals surface area contributed by atoms with Crippen molar-refractivity contribution in [2.75, 3.05) is 7.11 Å². The lowest BCUT2D eigenvalue weighted by molar-refractivity contribution is -0.115. The first-order valence-corrected chi connectivity index (χ1v) is 8.88. The summed E-state index contributed by atoms with van der Waals surface area (Å²) in [6, 6.07) is 8.69. The third-order valence-electron chi connectivity index (χ3n) is 5.08. The molecule has 2 aliphatic carbocycles. The van der Waals surface area contributed by atoms with Gasteiger partial charge < -0.3 is 10.1 Å². The third kappa shape index (κ3) is 4.37. The van der Waals surface area contributed by atoms with E-state index < -0.39 is 0 Å². The minimum Gasteiger partial charge on any atom is -0.497 e. The lowest BCUT2D eigenvalue weighted by Crippen LogP contribution is -2.31. The molecule has 1 saturated carbocycles. The molecule has 0 unspecified atom stereocenters. The predicted molar refractivity (Wildman–Crippen MR) is 92.7 cm³/mol. The largest absolute Gasteiger partial charge is 0.497 e. The van der Waals surface area contributed by atoms with Gasteiger partial charge >= 0.3 is 0 Å². The molecule has 3 heteroatoms. The monoisotopic (exact) mass is 313 g/mol. The number of rotatable bonds is 4. The minimum absolute atomic E-state index is 0.244. The van der Waals surface area contributed by atoms with Crippen LogP contribution < -0.4 is 10.1 Å². The first-order chi connectivity index (χ1) is 11.2. The van der Waals surface area contributed by atoms with Crippen molar-refractivity contribution in [1.82, 2.24) is 5.32 Å². The molecule has 0 bridgehead atoms. The zero-order valence-electron chi connectivity index (χ0n) is 14.0. The van der Waals surface area contributed by atoms with Crippen molar-refractivity contribution in [1.29, 1.82) is 0 Å². The van der Waals surface area contributed by atoms with Crippen LogP contribution in [0.1, 0.15) is 62.8 Å². The Kier molecular flexibility index (Phi) is 5.37. The van der Waals surface area contributed by atoms with E-state index >= 15 is 0 Å². The fourth-order valence-corrected chi connectivity index (χ4v) is 3.79. The number of methoxy groups -OCH3 is 1. The molecular weight excluding hydrogens is 286 g/mol. The Morgan fingerprint density at radius 2 is 1.70 bits per heavy atom. The van der Waals surface area contributed by atoms with Crippen LogP contribution in [-0.4, -0.2) is 18.9 Å². The van der Waals surface area contributed by atoms with Crippen LogP contribution in [0.5, 0.6) is 5.75 Å². The van der Waals surface area contributed by atoms with Crippen LogP contribution in [0.15, 0.2) is 36.0 Å². The first-order valence-electron chi connectivity index (χ1n) is 8.88. The maximum atomic E-state index is 12.1. The van der Waals surface area contributed by atoms with Crippen LogP contribution in [0.4, 0.5) is 0 Å². The molecule has 3 rings (SSSR count). The lowest BCUT2D eigenvalue weighted by Gasteiger charge is -2.27. The summed E-state index contributed by atoms with van der Waals surface area (Å²) in [5.74, 6) is 1.39. The Morgan fingerprint density at radius 1 is 1.00 bits per heavy atom. The van der Waals surface area contributed by atoms with Gasteiger partial charge in [-0.2, -0.15) is 0 Å². The highest BCUT2D eigenvalue weighted by molar-refractivity contribution is 5.92. The Balaban J connectivity index is 1.66. The number of hydrogen-bond acceptors (Lipinski definition) is 3. The molecule has 0 spiro atoms. The van der Waals surface area contributed by atoms with Crippen molar-refractivity contribution < 1.29 is 9.53 Å². The Hall–Kier alpha value is -1.77. The molecule has 3 nitrogen and oxygen atoms in total. The molecule has 1 aromatic rings. The van der Waals surface area contributed by atoms with Gasteiger partial charge in [-0.15, -0.1) is 0 Å². The van der Waals surface area contributed by atoms with Crippen molar-refractivity contribution in [3.8, 4) is 5.75 Å². The second kappa shape index (κ2) is 7.67. The smallest absolute Gasteiger partial charge is 0.158 e. The number of benzene rings is 1. The molecule has 0 aliphatic heterocycles. The van der Waals surface area contributed by atoms with E-state index in [4.69, 9.17) is 4.74 Å². The summed E-state index contributed by atoms with van der Waals surface area (Å²) in [5.41, 5.74) is 2.36. The minimum atomic E-state index is 0.244. The van der Waals surface area contributed by atoms with Gasteiger partial charge in [-0.1, -0.05) is 37.8 Å². The van der Waals surface area contributed by atoms with Crippen molar-refractivity contribution in [2.24, 2.45) is 0 Å². The summed E-state index contributed by atoms with van der Waals surface area (Å²) in [6.45, 7) is 0. The van der Waals surface area contributed by atoms with Crippen LogP contribution in [0.3, 0.4) is 0 Å². The average molecular weight is 313 g/mol. The van der Waals surface area contributed by atoms with Gasteiger partial charge in [0, 0.05) is 24.2 Å². The van der Waals surface area contributed by atoms with E-state index in [0.29, 0.717) is 12.5 Å². The molecule has 0 heterocycles. The van der Waals surface area contributed by atoms with Crippen molar-refractivity contribution in [2.45, 2.75) is 63.3 Å². The van der Waals surface area contributed by atoms with E-state index in [9.17, 15) is 4.79 Å². The van der Waals surface area contributed by atoms with E-state index in [2.05, 4.69) is 17.4 Å². The van der Waals surface area contributed by atoms with Gasteiger partial charge in [0.25, 0.3) is 0 Å². The van der Waals surface area contributed by atoms with E-state index in [1.807, 2.05) is 18.2 Å². The van der Waals surface area contributed by atoms with Crippen LogP contribution in [0.2, 0.25) is 0 Å². The van der Waals surface area contributed by atoms with Crippen molar-refractivity contribution in [3.05, 3.63) is 41.6 Å². The number of carbonyl (C=O) groups excluding carboxylic acids is 1. The van der Waals surface area contributed by atoms with E-state index in [1.54, 1.807) is 7.11 Å². The summed E-state index contributed by atoms with van der Waals surface area (Å²) >= 11 is 0. The lowest BCUT2D eigenvalue weighted by atomic mass is 9.85. The highest BCUT2D eigenvalue weighted by Gasteiger charge is 2.24. The molecule has 1 N–H and O–H groups in total. The average Bonchev–Trinajstić information content (AvgIpc) is 2.83. The SMILES string of the molecule is COc1ccc([C@@H]2CC(=O)C=C(NC3CCCCCC3)C2)cc1. The first kappa shape index (κ1) is 16.1. The molecule has 0 radical (unpaired) electrons. The number of nitrogens with one attached hydrogen (secondary N) is 1. The molecule has 0 saturated heterocycles. The maximum absolute atomic E-state index is 12.1. The van der Waals surface area contributed by atoms with E-state index in [-0.39, 0.29) is 11.7 Å². The van der Waals surface area contributed by atoms with Crippen LogP contribution in [0.25, 0.3) is 0 Å². The summed E-state index contributed by atoms with van der Waals surface area (Å²) < 4.78 is 5.22. The van der Waals surface area contributed by atoms with Crippen LogP contribution in [0, 0.1) is 0 Å². The predicted octanol–water partition coefficient (Wildman–Crippen LogP) is 4.34. The van der Waals surface area contributed by atoms with Crippen LogP contribution >= 0.6 is 0 Å². The van der Waals surface area contributed by atoms with Gasteiger partial charge in [-0.05, 0) is 42.9 Å². The molecule has 0 aromatic heterocycles. The standard InChI is InChI=1S/C20H27NO2/c1-23-20-10-8-15(9-11-20)16-12-18(14-19(22)13-16)21-17-6-4-2-3-5-7-17/h8-11,14,16-17,21H,2-7,12-13H2,1H3/t16-/m0/s1. The zero-order chi connectivity index (χ0) is 16.1.